The summed E-state index contributed by atoms with van der Waals surface area (Å²) in [5.41, 5.74) is 1.30. The molecular weight excluding hydrogens is 274 g/mol. The molecule has 0 amide bonds. The number of hydrogen-bond acceptors (Lipinski definition) is 3. The van der Waals surface area contributed by atoms with E-state index < -0.39 is 10.1 Å². The van der Waals surface area contributed by atoms with Gasteiger partial charge in [-0.25, -0.2) is 0 Å². The van der Waals surface area contributed by atoms with Crippen molar-refractivity contribution in [3.63, 3.8) is 0 Å². The SMILES string of the molecule is O=S(=O)(O)CCCCN1CC=CCC1c1ccccc1. The zero-order chi connectivity index (χ0) is 14.4. The number of rotatable bonds is 6. The van der Waals surface area contributed by atoms with Crippen LogP contribution < -0.4 is 0 Å². The lowest BCUT2D eigenvalue weighted by Crippen LogP contribution is -2.32. The molecule has 0 radical (unpaired) electrons. The van der Waals surface area contributed by atoms with Crippen LogP contribution in [0.4, 0.5) is 0 Å². The van der Waals surface area contributed by atoms with E-state index in [0.29, 0.717) is 12.5 Å². The third-order valence-corrected chi connectivity index (χ3v) is 4.39. The third-order valence-electron chi connectivity index (χ3n) is 3.59. The van der Waals surface area contributed by atoms with Gasteiger partial charge in [0.2, 0.25) is 0 Å². The maximum atomic E-state index is 10.7. The lowest BCUT2D eigenvalue weighted by molar-refractivity contribution is 0.207. The molecule has 0 aromatic heterocycles. The van der Waals surface area contributed by atoms with E-state index in [-0.39, 0.29) is 5.75 Å². The van der Waals surface area contributed by atoms with E-state index in [4.69, 9.17) is 4.55 Å². The van der Waals surface area contributed by atoms with E-state index in [0.717, 1.165) is 25.9 Å². The molecule has 1 heterocycles. The van der Waals surface area contributed by atoms with Gasteiger partial charge in [-0.3, -0.25) is 9.45 Å². The van der Waals surface area contributed by atoms with Crippen molar-refractivity contribution in [1.82, 2.24) is 4.90 Å². The molecule has 1 N–H and O–H groups in total. The summed E-state index contributed by atoms with van der Waals surface area (Å²) < 4.78 is 30.1. The van der Waals surface area contributed by atoms with Gasteiger partial charge in [0.15, 0.2) is 0 Å². The summed E-state index contributed by atoms with van der Waals surface area (Å²) in [7, 11) is -3.83. The Bertz CT molecular complexity index is 539. The van der Waals surface area contributed by atoms with Crippen LogP contribution in [0.3, 0.4) is 0 Å². The number of unbranched alkanes of at least 4 members (excludes halogenated alkanes) is 1. The van der Waals surface area contributed by atoms with Gasteiger partial charge in [0.05, 0.1) is 5.75 Å². The van der Waals surface area contributed by atoms with Crippen LogP contribution in [0.5, 0.6) is 0 Å². The zero-order valence-electron chi connectivity index (χ0n) is 11.5. The smallest absolute Gasteiger partial charge is 0.264 e. The summed E-state index contributed by atoms with van der Waals surface area (Å²) in [6, 6.07) is 10.7. The standard InChI is InChI=1S/C15H21NO3S/c17-20(18,19)13-7-6-12-16-11-5-4-10-15(16)14-8-2-1-3-9-14/h1-5,8-9,15H,6-7,10-13H2,(H,17,18,19). The summed E-state index contributed by atoms with van der Waals surface area (Å²) in [5, 5.41) is 0. The van der Waals surface area contributed by atoms with Gasteiger partial charge in [0, 0.05) is 12.6 Å². The first-order valence-corrected chi connectivity index (χ1v) is 8.56. The van der Waals surface area contributed by atoms with E-state index in [2.05, 4.69) is 29.2 Å². The number of nitrogens with zero attached hydrogens (tertiary/aromatic N) is 1. The maximum absolute atomic E-state index is 10.7. The molecule has 0 aliphatic carbocycles. The molecule has 1 aromatic carbocycles. The van der Waals surface area contributed by atoms with Crippen LogP contribution in [0.15, 0.2) is 42.5 Å². The molecule has 1 atom stereocenters. The van der Waals surface area contributed by atoms with Gasteiger partial charge in [-0.05, 0) is 31.4 Å². The first kappa shape index (κ1) is 15.2. The molecular formula is C15H21NO3S. The first-order valence-electron chi connectivity index (χ1n) is 6.95. The molecule has 1 aliphatic heterocycles. The Morgan fingerprint density at radius 1 is 1.15 bits per heavy atom. The molecule has 5 heteroatoms. The predicted molar refractivity (Wildman–Crippen MR) is 80.2 cm³/mol. The van der Waals surface area contributed by atoms with Crippen LogP contribution in [0, 0.1) is 0 Å². The van der Waals surface area contributed by atoms with Crippen molar-refractivity contribution in [2.24, 2.45) is 0 Å². The highest BCUT2D eigenvalue weighted by Gasteiger charge is 2.20. The minimum Gasteiger partial charge on any atom is -0.292 e. The fourth-order valence-electron chi connectivity index (χ4n) is 2.58. The second-order valence-corrected chi connectivity index (χ2v) is 6.69. The Morgan fingerprint density at radius 2 is 1.90 bits per heavy atom. The van der Waals surface area contributed by atoms with Crippen molar-refractivity contribution in [1.29, 1.82) is 0 Å². The largest absolute Gasteiger partial charge is 0.292 e. The van der Waals surface area contributed by atoms with Crippen LogP contribution in [0.25, 0.3) is 0 Å². The highest BCUT2D eigenvalue weighted by Crippen LogP contribution is 2.27. The number of hydrogen-bond donors (Lipinski definition) is 1. The minimum atomic E-state index is -3.83. The van der Waals surface area contributed by atoms with Crippen LogP contribution >= 0.6 is 0 Å². The Labute approximate surface area is 120 Å². The monoisotopic (exact) mass is 295 g/mol. The van der Waals surface area contributed by atoms with E-state index >= 15 is 0 Å². The topological polar surface area (TPSA) is 57.6 Å². The molecule has 20 heavy (non-hydrogen) atoms. The maximum Gasteiger partial charge on any atom is 0.264 e. The lowest BCUT2D eigenvalue weighted by atomic mass is 9.99. The summed E-state index contributed by atoms with van der Waals surface area (Å²) in [5.74, 6) is -0.146. The molecule has 2 rings (SSSR count). The molecule has 110 valence electrons. The molecule has 0 spiro atoms. The quantitative estimate of drug-likeness (QED) is 0.498. The predicted octanol–water partition coefficient (Wildman–Crippen LogP) is 2.66. The Kier molecular flexibility index (Phi) is 5.34. The summed E-state index contributed by atoms with van der Waals surface area (Å²) >= 11 is 0. The Morgan fingerprint density at radius 3 is 2.60 bits per heavy atom. The average Bonchev–Trinajstić information content (AvgIpc) is 2.44. The summed E-state index contributed by atoms with van der Waals surface area (Å²) in [6.45, 7) is 1.74. The molecule has 0 saturated carbocycles. The fourth-order valence-corrected chi connectivity index (χ4v) is 3.15. The van der Waals surface area contributed by atoms with Crippen LogP contribution in [0.1, 0.15) is 30.9 Å². The van der Waals surface area contributed by atoms with Gasteiger partial charge in [-0.1, -0.05) is 42.5 Å². The molecule has 0 saturated heterocycles. The highest BCUT2D eigenvalue weighted by atomic mass is 32.2. The van der Waals surface area contributed by atoms with E-state index in [1.54, 1.807) is 0 Å². The molecule has 4 nitrogen and oxygen atoms in total. The third kappa shape index (κ3) is 4.74. The van der Waals surface area contributed by atoms with Gasteiger partial charge < -0.3 is 0 Å². The van der Waals surface area contributed by atoms with Crippen LogP contribution in [-0.4, -0.2) is 36.7 Å². The van der Waals surface area contributed by atoms with E-state index in [9.17, 15) is 8.42 Å². The van der Waals surface area contributed by atoms with Crippen LogP contribution in [-0.2, 0) is 10.1 Å². The molecule has 1 unspecified atom stereocenters. The Balaban J connectivity index is 1.90. The molecule has 0 bridgehead atoms. The lowest BCUT2D eigenvalue weighted by Gasteiger charge is -2.33. The molecule has 1 aliphatic rings. The Hall–Kier alpha value is -1.17. The van der Waals surface area contributed by atoms with Gasteiger partial charge in [0.25, 0.3) is 10.1 Å². The second-order valence-electron chi connectivity index (χ2n) is 5.12. The zero-order valence-corrected chi connectivity index (χ0v) is 12.3. The summed E-state index contributed by atoms with van der Waals surface area (Å²) in [6.07, 6.45) is 6.62. The molecule has 1 aromatic rings. The second kappa shape index (κ2) is 7.02. The van der Waals surface area contributed by atoms with Crippen molar-refractivity contribution in [2.45, 2.75) is 25.3 Å². The van der Waals surface area contributed by atoms with Gasteiger partial charge in [0.1, 0.15) is 0 Å². The van der Waals surface area contributed by atoms with Crippen molar-refractivity contribution in [3.05, 3.63) is 48.0 Å². The van der Waals surface area contributed by atoms with Crippen molar-refractivity contribution < 1.29 is 13.0 Å². The fraction of sp³-hybridized carbons (Fsp3) is 0.467. The van der Waals surface area contributed by atoms with Gasteiger partial charge in [-0.2, -0.15) is 8.42 Å². The van der Waals surface area contributed by atoms with Crippen molar-refractivity contribution in [3.8, 4) is 0 Å². The molecule has 0 fully saturated rings. The van der Waals surface area contributed by atoms with Crippen molar-refractivity contribution in [2.75, 3.05) is 18.8 Å². The van der Waals surface area contributed by atoms with Gasteiger partial charge >= 0.3 is 0 Å². The van der Waals surface area contributed by atoms with Crippen LogP contribution in [0.2, 0.25) is 0 Å². The normalized spacial score (nSPS) is 20.1. The van der Waals surface area contributed by atoms with Crippen molar-refractivity contribution >= 4 is 10.1 Å². The first-order chi connectivity index (χ1) is 9.56. The van der Waals surface area contributed by atoms with E-state index in [1.807, 2.05) is 18.2 Å². The van der Waals surface area contributed by atoms with E-state index in [1.165, 1.54) is 5.56 Å². The highest BCUT2D eigenvalue weighted by molar-refractivity contribution is 7.85. The summed E-state index contributed by atoms with van der Waals surface area (Å²) in [4.78, 5) is 2.36. The minimum absolute atomic E-state index is 0.146. The average molecular weight is 295 g/mol. The van der Waals surface area contributed by atoms with Gasteiger partial charge in [-0.15, -0.1) is 0 Å². The number of benzene rings is 1.